The molecule has 5 atom stereocenters. The van der Waals surface area contributed by atoms with Crippen LogP contribution >= 0.6 is 11.6 Å². The molecule has 2 saturated carbocycles. The van der Waals surface area contributed by atoms with E-state index in [9.17, 15) is 4.79 Å². The van der Waals surface area contributed by atoms with E-state index in [2.05, 4.69) is 16.9 Å². The van der Waals surface area contributed by atoms with Crippen molar-refractivity contribution in [3.63, 3.8) is 0 Å². The van der Waals surface area contributed by atoms with Gasteiger partial charge in [0.1, 0.15) is 0 Å². The minimum atomic E-state index is -0.231. The number of carbonyl (C=O) groups is 1. The van der Waals surface area contributed by atoms with E-state index >= 15 is 0 Å². The van der Waals surface area contributed by atoms with Gasteiger partial charge in [-0.1, -0.05) is 13.3 Å². The Bertz CT molecular complexity index is 667. The SMILES string of the molecule is CCOC(=O)[C@H]1[C@@H](CC)[C@@H]2C[C@@H]2C[C@@H]1N=C(N=C(N)Cl)c1ccc[nH]1. The van der Waals surface area contributed by atoms with Crippen molar-refractivity contribution >= 4 is 28.7 Å². The van der Waals surface area contributed by atoms with E-state index in [4.69, 9.17) is 27.1 Å². The zero-order valence-electron chi connectivity index (χ0n) is 14.6. The van der Waals surface area contributed by atoms with Crippen molar-refractivity contribution in [2.24, 2.45) is 39.4 Å². The number of fused-ring (bicyclic) bond motifs is 1. The number of aromatic amines is 1. The third kappa shape index (κ3) is 3.89. The van der Waals surface area contributed by atoms with Gasteiger partial charge in [-0.3, -0.25) is 9.79 Å². The van der Waals surface area contributed by atoms with Crippen LogP contribution in [0.5, 0.6) is 0 Å². The van der Waals surface area contributed by atoms with E-state index in [1.54, 1.807) is 6.20 Å². The van der Waals surface area contributed by atoms with Gasteiger partial charge in [-0.25, -0.2) is 0 Å². The van der Waals surface area contributed by atoms with Crippen molar-refractivity contribution in [1.29, 1.82) is 0 Å². The molecule has 25 heavy (non-hydrogen) atoms. The van der Waals surface area contributed by atoms with Gasteiger partial charge in [-0.2, -0.15) is 4.99 Å². The van der Waals surface area contributed by atoms with Crippen molar-refractivity contribution in [1.82, 2.24) is 4.98 Å². The third-order valence-corrected chi connectivity index (χ3v) is 5.40. The van der Waals surface area contributed by atoms with E-state index in [1.807, 2.05) is 19.1 Å². The Morgan fingerprint density at radius 2 is 2.24 bits per heavy atom. The molecule has 0 aliphatic heterocycles. The quantitative estimate of drug-likeness (QED) is 0.364. The first kappa shape index (κ1) is 18.0. The Morgan fingerprint density at radius 3 is 2.84 bits per heavy atom. The second kappa shape index (κ2) is 7.60. The average molecular weight is 365 g/mol. The molecule has 2 fully saturated rings. The summed E-state index contributed by atoms with van der Waals surface area (Å²) in [5.41, 5.74) is 6.30. The largest absolute Gasteiger partial charge is 0.466 e. The summed E-state index contributed by atoms with van der Waals surface area (Å²) in [5.74, 6) is 1.64. The number of hydrogen-bond donors (Lipinski definition) is 2. The number of aromatic nitrogens is 1. The summed E-state index contributed by atoms with van der Waals surface area (Å²) in [5, 5.41) is -0.0758. The number of carbonyl (C=O) groups excluding carboxylic acids is 1. The maximum absolute atomic E-state index is 12.6. The summed E-state index contributed by atoms with van der Waals surface area (Å²) in [4.78, 5) is 24.7. The molecule has 0 spiro atoms. The molecule has 0 saturated heterocycles. The average Bonchev–Trinajstić information content (AvgIpc) is 3.12. The monoisotopic (exact) mass is 364 g/mol. The molecule has 6 nitrogen and oxygen atoms in total. The normalized spacial score (nSPS) is 32.2. The van der Waals surface area contributed by atoms with Crippen molar-refractivity contribution in [3.8, 4) is 0 Å². The zero-order valence-corrected chi connectivity index (χ0v) is 15.4. The van der Waals surface area contributed by atoms with Crippen LogP contribution in [0.25, 0.3) is 0 Å². The van der Waals surface area contributed by atoms with Gasteiger partial charge in [-0.05, 0) is 61.3 Å². The molecule has 0 aromatic carbocycles. The number of ether oxygens (including phenoxy) is 1. The maximum atomic E-state index is 12.6. The first-order valence-electron chi connectivity index (χ1n) is 8.93. The summed E-state index contributed by atoms with van der Waals surface area (Å²) >= 11 is 5.79. The zero-order chi connectivity index (χ0) is 18.0. The standard InChI is InChI=1S/C18H25ClN4O2/c1-3-11-12-8-10(12)9-14(15(11)17(24)25-4-2)22-16(23-18(19)20)13-6-5-7-21-13/h5-7,10-12,14-15,21H,3-4,8-9H2,1-2H3,(H2,20,22,23)/t10-,11+,12-,14+,15+/m1/s1. The number of hydrogen-bond acceptors (Lipinski definition) is 3. The fraction of sp³-hybridized carbons (Fsp3) is 0.611. The van der Waals surface area contributed by atoms with Crippen molar-refractivity contribution in [2.45, 2.75) is 39.2 Å². The summed E-state index contributed by atoms with van der Waals surface area (Å²) in [6.45, 7) is 4.36. The van der Waals surface area contributed by atoms with Crippen LogP contribution in [0.3, 0.4) is 0 Å². The minimum Gasteiger partial charge on any atom is -0.466 e. The predicted molar refractivity (Wildman–Crippen MR) is 98.7 cm³/mol. The van der Waals surface area contributed by atoms with Crippen LogP contribution in [-0.4, -0.2) is 34.7 Å². The van der Waals surface area contributed by atoms with Gasteiger partial charge in [0, 0.05) is 6.20 Å². The van der Waals surface area contributed by atoms with Crippen LogP contribution in [-0.2, 0) is 9.53 Å². The molecule has 0 amide bonds. The highest BCUT2D eigenvalue weighted by atomic mass is 35.5. The van der Waals surface area contributed by atoms with E-state index in [1.165, 1.54) is 6.42 Å². The minimum absolute atomic E-state index is 0.0758. The topological polar surface area (TPSA) is 92.8 Å². The molecule has 1 aromatic heterocycles. The molecular weight excluding hydrogens is 340 g/mol. The highest BCUT2D eigenvalue weighted by molar-refractivity contribution is 6.65. The number of rotatable bonds is 5. The molecule has 7 heteroatoms. The fourth-order valence-corrected chi connectivity index (χ4v) is 4.30. The van der Waals surface area contributed by atoms with E-state index in [0.29, 0.717) is 30.2 Å². The Labute approximate surface area is 152 Å². The smallest absolute Gasteiger partial charge is 0.311 e. The number of esters is 1. The first-order valence-corrected chi connectivity index (χ1v) is 9.30. The summed E-state index contributed by atoms with van der Waals surface area (Å²) in [6.07, 6.45) is 4.81. The summed E-state index contributed by atoms with van der Waals surface area (Å²) in [6, 6.07) is 3.56. The number of aliphatic imine (C=N–C) groups is 2. The predicted octanol–water partition coefficient (Wildman–Crippen LogP) is 2.93. The lowest BCUT2D eigenvalue weighted by atomic mass is 9.74. The third-order valence-electron chi connectivity index (χ3n) is 5.32. The van der Waals surface area contributed by atoms with Gasteiger partial charge in [0.05, 0.1) is 24.3 Å². The number of amidine groups is 2. The molecule has 2 aliphatic carbocycles. The van der Waals surface area contributed by atoms with Gasteiger partial charge < -0.3 is 15.5 Å². The molecule has 2 aliphatic rings. The van der Waals surface area contributed by atoms with Crippen LogP contribution < -0.4 is 5.73 Å². The number of halogens is 1. The van der Waals surface area contributed by atoms with Crippen LogP contribution in [0.4, 0.5) is 0 Å². The molecular formula is C18H25ClN4O2. The molecule has 0 unspecified atom stereocenters. The maximum Gasteiger partial charge on any atom is 0.311 e. The van der Waals surface area contributed by atoms with Crippen LogP contribution in [0.1, 0.15) is 38.8 Å². The number of nitrogens with zero attached hydrogens (tertiary/aromatic N) is 2. The van der Waals surface area contributed by atoms with Gasteiger partial charge in [-0.15, -0.1) is 0 Å². The molecule has 1 aromatic rings. The highest BCUT2D eigenvalue weighted by Gasteiger charge is 2.55. The van der Waals surface area contributed by atoms with Crippen LogP contribution in [0.2, 0.25) is 0 Å². The lowest BCUT2D eigenvalue weighted by molar-refractivity contribution is -0.152. The molecule has 0 bridgehead atoms. The molecule has 1 heterocycles. The molecule has 136 valence electrons. The Kier molecular flexibility index (Phi) is 5.47. The fourth-order valence-electron chi connectivity index (χ4n) is 4.22. The van der Waals surface area contributed by atoms with E-state index in [-0.39, 0.29) is 23.2 Å². The molecule has 3 rings (SSSR count). The van der Waals surface area contributed by atoms with Gasteiger partial charge in [0.15, 0.2) is 11.1 Å². The van der Waals surface area contributed by atoms with E-state index in [0.717, 1.165) is 18.5 Å². The van der Waals surface area contributed by atoms with Crippen molar-refractivity contribution < 1.29 is 9.53 Å². The van der Waals surface area contributed by atoms with E-state index < -0.39 is 0 Å². The van der Waals surface area contributed by atoms with Gasteiger partial charge in [0.25, 0.3) is 0 Å². The number of H-pyrrole nitrogens is 1. The second-order valence-electron chi connectivity index (χ2n) is 6.78. The van der Waals surface area contributed by atoms with Crippen LogP contribution in [0.15, 0.2) is 28.3 Å². The van der Waals surface area contributed by atoms with Gasteiger partial charge >= 0.3 is 5.97 Å². The second-order valence-corrected chi connectivity index (χ2v) is 7.17. The first-order chi connectivity index (χ1) is 12.0. The lowest BCUT2D eigenvalue weighted by Crippen LogP contribution is -2.40. The molecule has 0 radical (unpaired) electrons. The van der Waals surface area contributed by atoms with Crippen molar-refractivity contribution in [2.75, 3.05) is 6.61 Å². The Hall–Kier alpha value is -1.82. The highest BCUT2D eigenvalue weighted by Crippen LogP contribution is 2.57. The lowest BCUT2D eigenvalue weighted by Gasteiger charge is -2.34. The number of nitrogens with two attached hydrogens (primary N) is 1. The Balaban J connectivity index is 1.95. The van der Waals surface area contributed by atoms with Crippen molar-refractivity contribution in [3.05, 3.63) is 24.0 Å². The number of nitrogens with one attached hydrogen (secondary N) is 1. The Morgan fingerprint density at radius 1 is 1.44 bits per heavy atom. The van der Waals surface area contributed by atoms with Crippen LogP contribution in [0, 0.1) is 23.7 Å². The molecule has 3 N–H and O–H groups in total. The summed E-state index contributed by atoms with van der Waals surface area (Å²) < 4.78 is 5.36. The summed E-state index contributed by atoms with van der Waals surface area (Å²) in [7, 11) is 0. The van der Waals surface area contributed by atoms with Gasteiger partial charge in [0.2, 0.25) is 0 Å².